The molecule has 0 aliphatic carbocycles. The van der Waals surface area contributed by atoms with Crippen LogP contribution < -0.4 is 4.74 Å². The molecule has 7 heteroatoms. The lowest BCUT2D eigenvalue weighted by molar-refractivity contribution is 0.0172. The summed E-state index contributed by atoms with van der Waals surface area (Å²) in [7, 11) is 1.54. The lowest BCUT2D eigenvalue weighted by Crippen LogP contribution is -2.30. The van der Waals surface area contributed by atoms with Gasteiger partial charge in [0.2, 0.25) is 0 Å². The predicted octanol–water partition coefficient (Wildman–Crippen LogP) is 1.40. The molecule has 3 heterocycles. The Morgan fingerprint density at radius 2 is 2.13 bits per heavy atom. The van der Waals surface area contributed by atoms with E-state index in [9.17, 15) is 9.50 Å². The molecule has 2 aliphatic rings. The third-order valence-corrected chi connectivity index (χ3v) is 4.43. The Morgan fingerprint density at radius 1 is 1.30 bits per heavy atom. The minimum Gasteiger partial charge on any atom is -0.496 e. The minimum absolute atomic E-state index is 0.123. The summed E-state index contributed by atoms with van der Waals surface area (Å²) in [5.41, 5.74) is 0.569. The summed E-state index contributed by atoms with van der Waals surface area (Å²) in [5.74, 6) is 0.769. The van der Waals surface area contributed by atoms with Gasteiger partial charge in [0.15, 0.2) is 0 Å². The van der Waals surface area contributed by atoms with Gasteiger partial charge in [-0.2, -0.15) is 0 Å². The van der Waals surface area contributed by atoms with Gasteiger partial charge in [0.1, 0.15) is 35.7 Å². The van der Waals surface area contributed by atoms with E-state index in [4.69, 9.17) is 14.2 Å². The number of rotatable bonds is 3. The van der Waals surface area contributed by atoms with Crippen LogP contribution in [0.15, 0.2) is 30.6 Å². The van der Waals surface area contributed by atoms with Gasteiger partial charge in [-0.3, -0.25) is 0 Å². The fourth-order valence-corrected chi connectivity index (χ4v) is 3.34. The highest BCUT2D eigenvalue weighted by molar-refractivity contribution is 5.65. The zero-order valence-electron chi connectivity index (χ0n) is 12.6. The third-order valence-electron chi connectivity index (χ3n) is 4.43. The largest absolute Gasteiger partial charge is 0.496 e. The quantitative estimate of drug-likeness (QED) is 0.926. The maximum atomic E-state index is 13.7. The molecule has 0 spiro atoms. The van der Waals surface area contributed by atoms with Gasteiger partial charge in [-0.1, -0.05) is 0 Å². The molecule has 2 aliphatic heterocycles. The first-order chi connectivity index (χ1) is 11.2. The van der Waals surface area contributed by atoms with Crippen LogP contribution in [-0.4, -0.2) is 53.3 Å². The first kappa shape index (κ1) is 14.6. The summed E-state index contributed by atoms with van der Waals surface area (Å²) in [6.07, 6.45) is 2.28. The van der Waals surface area contributed by atoms with Gasteiger partial charge in [0.05, 0.1) is 31.9 Å². The molecule has 0 amide bonds. The first-order valence-corrected chi connectivity index (χ1v) is 7.47. The van der Waals surface area contributed by atoms with Gasteiger partial charge in [0, 0.05) is 12.4 Å². The molecule has 2 aromatic rings. The van der Waals surface area contributed by atoms with Crippen molar-refractivity contribution < 1.29 is 23.7 Å². The topological polar surface area (TPSA) is 65.7 Å². The van der Waals surface area contributed by atoms with Crippen LogP contribution in [0.5, 0.6) is 5.75 Å². The van der Waals surface area contributed by atoms with Crippen molar-refractivity contribution in [1.29, 1.82) is 0 Å². The molecule has 1 N–H and O–H groups in total. The summed E-state index contributed by atoms with van der Waals surface area (Å²) in [4.78, 5) is 4.36. The van der Waals surface area contributed by atoms with Gasteiger partial charge in [-0.05, 0) is 18.2 Å². The number of hydrogen-bond donors (Lipinski definition) is 1. The van der Waals surface area contributed by atoms with Crippen molar-refractivity contribution in [1.82, 2.24) is 9.55 Å². The van der Waals surface area contributed by atoms with Crippen molar-refractivity contribution in [3.05, 3.63) is 36.4 Å². The number of aliphatic hydroxyl groups excluding tert-OH is 1. The number of aromatic nitrogens is 2. The summed E-state index contributed by atoms with van der Waals surface area (Å²) in [6, 6.07) is 4.20. The lowest BCUT2D eigenvalue weighted by Gasteiger charge is -2.20. The standard InChI is InChI=1S/C16H17FN2O4/c1-21-13-3-2-9(17)6-10(13)16-18-4-5-19(16)11-7-22-15-12(20)8-23-14(11)15/h2-6,11-12,14-15,20H,7-8H2,1H3/t11-,12-,14-,15-/m1/s1. The van der Waals surface area contributed by atoms with Gasteiger partial charge >= 0.3 is 0 Å². The molecule has 2 saturated heterocycles. The van der Waals surface area contributed by atoms with Crippen LogP contribution in [0.25, 0.3) is 11.4 Å². The van der Waals surface area contributed by atoms with E-state index >= 15 is 0 Å². The van der Waals surface area contributed by atoms with Crippen LogP contribution in [-0.2, 0) is 9.47 Å². The van der Waals surface area contributed by atoms with Crippen molar-refractivity contribution in [3.63, 3.8) is 0 Å². The molecule has 122 valence electrons. The molecule has 4 rings (SSSR count). The van der Waals surface area contributed by atoms with Crippen LogP contribution in [0.3, 0.4) is 0 Å². The maximum absolute atomic E-state index is 13.7. The monoisotopic (exact) mass is 320 g/mol. The molecule has 1 aromatic carbocycles. The predicted molar refractivity (Wildman–Crippen MR) is 78.7 cm³/mol. The number of nitrogens with zero attached hydrogens (tertiary/aromatic N) is 2. The number of imidazole rings is 1. The highest BCUT2D eigenvalue weighted by Gasteiger charge is 2.48. The summed E-state index contributed by atoms with van der Waals surface area (Å²) in [5, 5.41) is 9.88. The summed E-state index contributed by atoms with van der Waals surface area (Å²) < 4.78 is 32.2. The Kier molecular flexibility index (Phi) is 3.56. The molecule has 2 fully saturated rings. The van der Waals surface area contributed by atoms with Crippen molar-refractivity contribution >= 4 is 0 Å². The van der Waals surface area contributed by atoms with E-state index in [0.717, 1.165) is 0 Å². The van der Waals surface area contributed by atoms with E-state index in [1.165, 1.54) is 19.2 Å². The second kappa shape index (κ2) is 5.59. The van der Waals surface area contributed by atoms with Crippen LogP contribution in [0.1, 0.15) is 6.04 Å². The van der Waals surface area contributed by atoms with Crippen LogP contribution in [0, 0.1) is 5.82 Å². The Balaban J connectivity index is 1.74. The number of aliphatic hydroxyl groups is 1. The third kappa shape index (κ3) is 2.32. The van der Waals surface area contributed by atoms with E-state index in [1.54, 1.807) is 12.3 Å². The van der Waals surface area contributed by atoms with Crippen molar-refractivity contribution in [2.24, 2.45) is 0 Å². The average molecular weight is 320 g/mol. The van der Waals surface area contributed by atoms with Crippen molar-refractivity contribution in [2.45, 2.75) is 24.4 Å². The minimum atomic E-state index is -0.610. The Labute approximate surface area is 132 Å². The number of ether oxygens (including phenoxy) is 3. The fraction of sp³-hybridized carbons (Fsp3) is 0.438. The number of hydrogen-bond acceptors (Lipinski definition) is 5. The van der Waals surface area contributed by atoms with E-state index in [2.05, 4.69) is 4.98 Å². The summed E-state index contributed by atoms with van der Waals surface area (Å²) in [6.45, 7) is 0.673. The number of benzene rings is 1. The van der Waals surface area contributed by atoms with E-state index in [-0.39, 0.29) is 30.7 Å². The zero-order chi connectivity index (χ0) is 16.0. The molecule has 1 aromatic heterocycles. The van der Waals surface area contributed by atoms with Gasteiger partial charge in [-0.15, -0.1) is 0 Å². The first-order valence-electron chi connectivity index (χ1n) is 7.47. The Hall–Kier alpha value is -1.96. The van der Waals surface area contributed by atoms with Crippen molar-refractivity contribution in [2.75, 3.05) is 20.3 Å². The fourth-order valence-electron chi connectivity index (χ4n) is 3.34. The molecule has 4 atom stereocenters. The molecular weight excluding hydrogens is 303 g/mol. The number of fused-ring (bicyclic) bond motifs is 1. The number of halogens is 1. The highest BCUT2D eigenvalue weighted by Crippen LogP contribution is 2.38. The Morgan fingerprint density at radius 3 is 2.96 bits per heavy atom. The normalized spacial score (nSPS) is 29.7. The molecule has 0 bridgehead atoms. The molecular formula is C16H17FN2O4. The molecule has 6 nitrogen and oxygen atoms in total. The van der Waals surface area contributed by atoms with Gasteiger partial charge in [-0.25, -0.2) is 9.37 Å². The SMILES string of the molecule is COc1ccc(F)cc1-c1nccn1[C@@H]1CO[C@H]2[C@@H]1OC[C@H]2O. The molecule has 0 saturated carbocycles. The van der Waals surface area contributed by atoms with Crippen LogP contribution >= 0.6 is 0 Å². The van der Waals surface area contributed by atoms with E-state index < -0.39 is 6.10 Å². The maximum Gasteiger partial charge on any atom is 0.144 e. The number of methoxy groups -OCH3 is 1. The smallest absolute Gasteiger partial charge is 0.144 e. The highest BCUT2D eigenvalue weighted by atomic mass is 19.1. The molecule has 0 radical (unpaired) electrons. The van der Waals surface area contributed by atoms with Gasteiger partial charge in [0.25, 0.3) is 0 Å². The van der Waals surface area contributed by atoms with E-state index in [0.29, 0.717) is 23.7 Å². The van der Waals surface area contributed by atoms with Gasteiger partial charge < -0.3 is 23.9 Å². The second-order valence-electron chi connectivity index (χ2n) is 5.73. The zero-order valence-corrected chi connectivity index (χ0v) is 12.6. The Bertz CT molecular complexity index is 720. The second-order valence-corrected chi connectivity index (χ2v) is 5.73. The lowest BCUT2D eigenvalue weighted by atomic mass is 10.1. The molecule has 0 unspecified atom stereocenters. The van der Waals surface area contributed by atoms with E-state index in [1.807, 2.05) is 10.8 Å². The van der Waals surface area contributed by atoms with Crippen LogP contribution in [0.4, 0.5) is 4.39 Å². The average Bonchev–Trinajstić information content (AvgIpc) is 3.25. The van der Waals surface area contributed by atoms with Crippen molar-refractivity contribution in [3.8, 4) is 17.1 Å². The van der Waals surface area contributed by atoms with Crippen LogP contribution in [0.2, 0.25) is 0 Å². The summed E-state index contributed by atoms with van der Waals surface area (Å²) >= 11 is 0. The molecule has 23 heavy (non-hydrogen) atoms.